The average molecular weight is 262 g/mol. The number of benzene rings is 1. The van der Waals surface area contributed by atoms with Gasteiger partial charge in [-0.2, -0.15) is 13.2 Å². The molecule has 1 rings (SSSR count). The molecular weight excluding hydrogens is 248 g/mol. The van der Waals surface area contributed by atoms with Gasteiger partial charge in [0.15, 0.2) is 5.78 Å². The Bertz CT molecular complexity index is 461. The van der Waals surface area contributed by atoms with Gasteiger partial charge >= 0.3 is 6.18 Å². The third-order valence-corrected chi connectivity index (χ3v) is 3.03. The molecule has 1 aromatic rings. The molecular formula is C13H14F4O. The summed E-state index contributed by atoms with van der Waals surface area (Å²) in [6.45, 7) is 4.85. The summed E-state index contributed by atoms with van der Waals surface area (Å²) in [5, 5.41) is 0. The van der Waals surface area contributed by atoms with Gasteiger partial charge in [0.05, 0.1) is 5.56 Å². The van der Waals surface area contributed by atoms with E-state index in [4.69, 9.17) is 0 Å². The minimum Gasteiger partial charge on any atom is -0.294 e. The van der Waals surface area contributed by atoms with Crippen LogP contribution >= 0.6 is 0 Å². The van der Waals surface area contributed by atoms with E-state index in [0.29, 0.717) is 12.5 Å². The van der Waals surface area contributed by atoms with E-state index in [0.717, 1.165) is 12.1 Å². The highest BCUT2D eigenvalue weighted by molar-refractivity contribution is 6.01. The van der Waals surface area contributed by atoms with Crippen molar-refractivity contribution in [2.45, 2.75) is 33.4 Å². The Morgan fingerprint density at radius 1 is 1.22 bits per heavy atom. The summed E-state index contributed by atoms with van der Waals surface area (Å²) in [5.74, 6) is -1.63. The van der Waals surface area contributed by atoms with E-state index < -0.39 is 34.3 Å². The van der Waals surface area contributed by atoms with Gasteiger partial charge in [-0.15, -0.1) is 0 Å². The number of hydrogen-bond donors (Lipinski definition) is 0. The van der Waals surface area contributed by atoms with Crippen LogP contribution in [-0.2, 0) is 6.18 Å². The number of alkyl halides is 3. The summed E-state index contributed by atoms with van der Waals surface area (Å²) >= 11 is 0. The van der Waals surface area contributed by atoms with E-state index in [1.807, 2.05) is 0 Å². The maximum atomic E-state index is 12.9. The molecule has 0 heterocycles. The Morgan fingerprint density at radius 2 is 1.78 bits per heavy atom. The van der Waals surface area contributed by atoms with Crippen molar-refractivity contribution >= 4 is 5.78 Å². The number of hydrogen-bond acceptors (Lipinski definition) is 1. The van der Waals surface area contributed by atoms with Crippen LogP contribution in [0.15, 0.2) is 18.2 Å². The third-order valence-electron chi connectivity index (χ3n) is 3.03. The highest BCUT2D eigenvalue weighted by atomic mass is 19.4. The Labute approximate surface area is 103 Å². The molecule has 0 fully saturated rings. The van der Waals surface area contributed by atoms with Crippen LogP contribution in [0.4, 0.5) is 17.6 Å². The van der Waals surface area contributed by atoms with Crippen molar-refractivity contribution in [3.05, 3.63) is 35.1 Å². The fourth-order valence-electron chi connectivity index (χ4n) is 1.47. The van der Waals surface area contributed by atoms with Gasteiger partial charge in [-0.1, -0.05) is 20.8 Å². The van der Waals surface area contributed by atoms with Gasteiger partial charge in [0.2, 0.25) is 0 Å². The topological polar surface area (TPSA) is 17.1 Å². The number of halogens is 4. The summed E-state index contributed by atoms with van der Waals surface area (Å²) in [6.07, 6.45) is -4.34. The van der Waals surface area contributed by atoms with Gasteiger partial charge < -0.3 is 0 Å². The van der Waals surface area contributed by atoms with E-state index in [9.17, 15) is 22.4 Å². The fraction of sp³-hybridized carbons (Fsp3) is 0.462. The zero-order valence-corrected chi connectivity index (χ0v) is 10.4. The molecule has 0 aromatic heterocycles. The van der Waals surface area contributed by atoms with Crippen LogP contribution in [0.5, 0.6) is 0 Å². The van der Waals surface area contributed by atoms with Gasteiger partial charge in [0.25, 0.3) is 0 Å². The molecule has 0 spiro atoms. The second-order valence-corrected chi connectivity index (χ2v) is 4.75. The Balaban J connectivity index is 3.38. The number of rotatable bonds is 3. The van der Waals surface area contributed by atoms with E-state index in [-0.39, 0.29) is 0 Å². The van der Waals surface area contributed by atoms with Crippen LogP contribution in [0.2, 0.25) is 0 Å². The van der Waals surface area contributed by atoms with Crippen molar-refractivity contribution in [2.75, 3.05) is 0 Å². The third kappa shape index (κ3) is 2.89. The van der Waals surface area contributed by atoms with Gasteiger partial charge in [-0.05, 0) is 24.6 Å². The molecule has 0 aliphatic heterocycles. The van der Waals surface area contributed by atoms with Crippen molar-refractivity contribution < 1.29 is 22.4 Å². The SMILES string of the molecule is CCC(C)(C)C(=O)c1ccc(F)cc1C(F)(F)F. The van der Waals surface area contributed by atoms with Crippen molar-refractivity contribution in [1.29, 1.82) is 0 Å². The minimum atomic E-state index is -4.74. The second kappa shape index (κ2) is 4.71. The first-order valence-corrected chi connectivity index (χ1v) is 5.51. The molecule has 0 radical (unpaired) electrons. The first kappa shape index (κ1) is 14.7. The van der Waals surface area contributed by atoms with Crippen molar-refractivity contribution in [3.63, 3.8) is 0 Å². The van der Waals surface area contributed by atoms with E-state index in [1.54, 1.807) is 20.8 Å². The smallest absolute Gasteiger partial charge is 0.294 e. The standard InChI is InChI=1S/C13H14F4O/c1-4-12(2,3)11(18)9-6-5-8(14)7-10(9)13(15,16)17/h5-7H,4H2,1-3H3. The molecule has 5 heteroatoms. The summed E-state index contributed by atoms with van der Waals surface area (Å²) in [7, 11) is 0. The molecule has 0 saturated carbocycles. The molecule has 0 aliphatic carbocycles. The molecule has 1 nitrogen and oxygen atoms in total. The van der Waals surface area contributed by atoms with Crippen LogP contribution in [-0.4, -0.2) is 5.78 Å². The second-order valence-electron chi connectivity index (χ2n) is 4.75. The molecule has 0 atom stereocenters. The monoisotopic (exact) mass is 262 g/mol. The van der Waals surface area contributed by atoms with E-state index in [1.165, 1.54) is 0 Å². The predicted octanol–water partition coefficient (Wildman–Crippen LogP) is 4.46. The largest absolute Gasteiger partial charge is 0.417 e. The first-order valence-electron chi connectivity index (χ1n) is 5.51. The van der Waals surface area contributed by atoms with Gasteiger partial charge in [0, 0.05) is 11.0 Å². The Hall–Kier alpha value is -1.39. The number of carbonyl (C=O) groups is 1. The predicted molar refractivity (Wildman–Crippen MR) is 59.8 cm³/mol. The zero-order valence-electron chi connectivity index (χ0n) is 10.4. The summed E-state index contributed by atoms with van der Waals surface area (Å²) in [4.78, 5) is 12.1. The van der Waals surface area contributed by atoms with Crippen LogP contribution in [0.3, 0.4) is 0 Å². The molecule has 1 aromatic carbocycles. The van der Waals surface area contributed by atoms with Gasteiger partial charge in [0.1, 0.15) is 5.82 Å². The highest BCUT2D eigenvalue weighted by Crippen LogP contribution is 2.36. The number of Topliss-reactive ketones (excluding diaryl/α,β-unsaturated/α-hetero) is 1. The van der Waals surface area contributed by atoms with Crippen molar-refractivity contribution in [3.8, 4) is 0 Å². The van der Waals surface area contributed by atoms with E-state index >= 15 is 0 Å². The van der Waals surface area contributed by atoms with Crippen LogP contribution in [0.1, 0.15) is 43.1 Å². The normalized spacial score (nSPS) is 12.6. The lowest BCUT2D eigenvalue weighted by atomic mass is 9.80. The quantitative estimate of drug-likeness (QED) is 0.580. The van der Waals surface area contributed by atoms with Crippen LogP contribution in [0.25, 0.3) is 0 Å². The van der Waals surface area contributed by atoms with Gasteiger partial charge in [-0.25, -0.2) is 4.39 Å². The minimum absolute atomic E-state index is 0.360. The molecule has 0 amide bonds. The molecule has 0 aliphatic rings. The fourth-order valence-corrected chi connectivity index (χ4v) is 1.47. The lowest BCUT2D eigenvalue weighted by Crippen LogP contribution is -2.26. The Kier molecular flexibility index (Phi) is 3.84. The molecule has 0 bridgehead atoms. The van der Waals surface area contributed by atoms with Crippen molar-refractivity contribution in [2.24, 2.45) is 5.41 Å². The number of ketones is 1. The lowest BCUT2D eigenvalue weighted by molar-refractivity contribution is -0.138. The lowest BCUT2D eigenvalue weighted by Gasteiger charge is -2.23. The van der Waals surface area contributed by atoms with E-state index in [2.05, 4.69) is 0 Å². The number of carbonyl (C=O) groups excluding carboxylic acids is 1. The summed E-state index contributed by atoms with van der Waals surface area (Å²) < 4.78 is 51.2. The van der Waals surface area contributed by atoms with Crippen molar-refractivity contribution in [1.82, 2.24) is 0 Å². The highest BCUT2D eigenvalue weighted by Gasteiger charge is 2.38. The summed E-state index contributed by atoms with van der Waals surface area (Å²) in [6, 6.07) is 2.13. The molecule has 0 saturated heterocycles. The van der Waals surface area contributed by atoms with Crippen LogP contribution < -0.4 is 0 Å². The maximum Gasteiger partial charge on any atom is 0.417 e. The maximum absolute atomic E-state index is 12.9. The molecule has 18 heavy (non-hydrogen) atoms. The van der Waals surface area contributed by atoms with Crippen LogP contribution in [0, 0.1) is 11.2 Å². The average Bonchev–Trinajstić information content (AvgIpc) is 2.27. The molecule has 0 unspecified atom stereocenters. The summed E-state index contributed by atoms with van der Waals surface area (Å²) in [5.41, 5.74) is -2.59. The van der Waals surface area contributed by atoms with Gasteiger partial charge in [-0.3, -0.25) is 4.79 Å². The molecule has 0 N–H and O–H groups in total. The first-order chi connectivity index (χ1) is 8.09. The molecule has 100 valence electrons. The zero-order chi connectivity index (χ0) is 14.1. The Morgan fingerprint density at radius 3 is 2.22 bits per heavy atom.